The van der Waals surface area contributed by atoms with Gasteiger partial charge in [0.1, 0.15) is 28.7 Å². The van der Waals surface area contributed by atoms with Crippen molar-refractivity contribution in [1.29, 1.82) is 0 Å². The van der Waals surface area contributed by atoms with Crippen LogP contribution in [0.25, 0.3) is 16.8 Å². The smallest absolute Gasteiger partial charge is 0.299 e. The molecule has 4 heterocycles. The molecule has 0 radical (unpaired) electrons. The fraction of sp³-hybridized carbons (Fsp3) is 0.276. The number of pyridine rings is 1. The van der Waals surface area contributed by atoms with Gasteiger partial charge in [-0.25, -0.2) is 15.0 Å². The Balaban J connectivity index is 1.45. The van der Waals surface area contributed by atoms with Crippen LogP contribution in [0.5, 0.6) is 0 Å². The Morgan fingerprint density at radius 2 is 1.97 bits per heavy atom. The second-order valence-electron chi connectivity index (χ2n) is 9.21. The minimum Gasteiger partial charge on any atom is -0.382 e. The van der Waals surface area contributed by atoms with E-state index in [2.05, 4.69) is 34.0 Å². The van der Waals surface area contributed by atoms with Crippen molar-refractivity contribution >= 4 is 29.0 Å². The van der Waals surface area contributed by atoms with Crippen LogP contribution in [-0.2, 0) is 11.2 Å². The average molecular weight is 508 g/mol. The summed E-state index contributed by atoms with van der Waals surface area (Å²) in [4.78, 5) is 40.8. The van der Waals surface area contributed by atoms with Crippen molar-refractivity contribution in [1.82, 2.24) is 24.3 Å². The average Bonchev–Trinajstić information content (AvgIpc) is 3.55. The van der Waals surface area contributed by atoms with Gasteiger partial charge in [-0.05, 0) is 61.9 Å². The van der Waals surface area contributed by atoms with Crippen LogP contribution < -0.4 is 11.1 Å². The summed E-state index contributed by atoms with van der Waals surface area (Å²) in [5.41, 5.74) is 10.0. The van der Waals surface area contributed by atoms with Crippen LogP contribution in [0.3, 0.4) is 0 Å². The van der Waals surface area contributed by atoms with Crippen molar-refractivity contribution in [3.05, 3.63) is 71.9 Å². The Morgan fingerprint density at radius 3 is 2.74 bits per heavy atom. The Kier molecular flexibility index (Phi) is 7.05. The lowest BCUT2D eigenvalue weighted by Gasteiger charge is -2.21. The van der Waals surface area contributed by atoms with Crippen LogP contribution in [-0.4, -0.2) is 42.6 Å². The second-order valence-corrected chi connectivity index (χ2v) is 9.21. The van der Waals surface area contributed by atoms with E-state index in [0.717, 1.165) is 36.8 Å². The minimum absolute atomic E-state index is 0.208. The highest BCUT2D eigenvalue weighted by atomic mass is 16.2. The summed E-state index contributed by atoms with van der Waals surface area (Å²) in [6.45, 7) is 4.39. The van der Waals surface area contributed by atoms with Gasteiger partial charge in [-0.15, -0.1) is 0 Å². The van der Waals surface area contributed by atoms with E-state index in [1.807, 2.05) is 34.9 Å². The van der Waals surface area contributed by atoms with Crippen molar-refractivity contribution in [2.75, 3.05) is 17.6 Å². The first-order valence-electron chi connectivity index (χ1n) is 12.7. The molecule has 5 rings (SSSR count). The monoisotopic (exact) mass is 507 g/mol. The SMILES string of the molecule is CC#CC(=O)N1CCCC1c1nc(-c2ccc(C(=O)Nc3cc(CCC)ccn3)cc2)c2c(N)nccn12. The topological polar surface area (TPSA) is 119 Å². The molecular weight excluding hydrogens is 478 g/mol. The number of nitrogen functional groups attached to an aromatic ring is 1. The summed E-state index contributed by atoms with van der Waals surface area (Å²) in [6.07, 6.45) is 8.74. The molecule has 4 aromatic rings. The number of likely N-dealkylation sites (tertiary alicyclic amines) is 1. The standard InChI is InChI=1S/C29H29N7O2/c1-3-6-19-13-14-31-23(18-19)33-29(38)21-11-9-20(10-12-21)25-26-27(30)32-15-17-36(26)28(34-25)22-8-5-16-35(22)24(37)7-4-2/h9-15,17-18,22H,3,5-6,8,16H2,1-2H3,(H2,30,32)(H,31,33,38). The van der Waals surface area contributed by atoms with Gasteiger partial charge in [0.2, 0.25) is 0 Å². The highest BCUT2D eigenvalue weighted by Gasteiger charge is 2.33. The van der Waals surface area contributed by atoms with Crippen LogP contribution in [0.15, 0.2) is 55.0 Å². The van der Waals surface area contributed by atoms with Gasteiger partial charge in [0.15, 0.2) is 0 Å². The fourth-order valence-electron chi connectivity index (χ4n) is 4.94. The summed E-state index contributed by atoms with van der Waals surface area (Å²) in [6, 6.07) is 10.8. The van der Waals surface area contributed by atoms with Crippen LogP contribution in [0.1, 0.15) is 60.9 Å². The molecule has 1 saturated heterocycles. The molecule has 9 heteroatoms. The molecule has 0 aliphatic carbocycles. The molecular formula is C29H29N7O2. The molecule has 0 spiro atoms. The Labute approximate surface area is 221 Å². The number of benzene rings is 1. The zero-order valence-electron chi connectivity index (χ0n) is 21.4. The molecule has 2 amide bonds. The highest BCUT2D eigenvalue weighted by Crippen LogP contribution is 2.36. The number of amides is 2. The van der Waals surface area contributed by atoms with Crippen molar-refractivity contribution in [3.8, 4) is 23.1 Å². The Hall–Kier alpha value is -4.71. The third kappa shape index (κ3) is 4.81. The maximum absolute atomic E-state index is 12.9. The van der Waals surface area contributed by atoms with Crippen molar-refractivity contribution in [2.24, 2.45) is 0 Å². The van der Waals surface area contributed by atoms with E-state index in [4.69, 9.17) is 10.7 Å². The van der Waals surface area contributed by atoms with Gasteiger partial charge in [0, 0.05) is 36.3 Å². The molecule has 1 aliphatic heterocycles. The first kappa shape index (κ1) is 25.0. The molecule has 1 unspecified atom stereocenters. The number of carbonyl (C=O) groups excluding carboxylic acids is 2. The molecule has 0 bridgehead atoms. The Bertz CT molecular complexity index is 1560. The van der Waals surface area contributed by atoms with Gasteiger partial charge in [0.25, 0.3) is 11.8 Å². The van der Waals surface area contributed by atoms with Gasteiger partial charge < -0.3 is 16.0 Å². The number of carbonyl (C=O) groups is 2. The highest BCUT2D eigenvalue weighted by molar-refractivity contribution is 6.04. The number of fused-ring (bicyclic) bond motifs is 1. The third-order valence-electron chi connectivity index (χ3n) is 6.68. The first-order chi connectivity index (χ1) is 18.5. The molecule has 192 valence electrons. The van der Waals surface area contributed by atoms with Crippen molar-refractivity contribution in [2.45, 2.75) is 45.6 Å². The van der Waals surface area contributed by atoms with Gasteiger partial charge >= 0.3 is 0 Å². The van der Waals surface area contributed by atoms with E-state index >= 15 is 0 Å². The normalized spacial score (nSPS) is 14.8. The molecule has 9 nitrogen and oxygen atoms in total. The lowest BCUT2D eigenvalue weighted by atomic mass is 10.1. The number of nitrogens with zero attached hydrogens (tertiary/aromatic N) is 5. The number of rotatable bonds is 6. The molecule has 0 saturated carbocycles. The summed E-state index contributed by atoms with van der Waals surface area (Å²) < 4.78 is 1.91. The zero-order valence-corrected chi connectivity index (χ0v) is 21.4. The van der Waals surface area contributed by atoms with E-state index in [-0.39, 0.29) is 17.9 Å². The molecule has 1 aliphatic rings. The number of hydrogen-bond donors (Lipinski definition) is 2. The molecule has 3 aromatic heterocycles. The predicted octanol–water partition coefficient (Wildman–Crippen LogP) is 4.27. The number of aromatic nitrogens is 4. The first-order valence-corrected chi connectivity index (χ1v) is 12.7. The Morgan fingerprint density at radius 1 is 1.16 bits per heavy atom. The van der Waals surface area contributed by atoms with Gasteiger partial charge in [-0.2, -0.15) is 0 Å². The number of imidazole rings is 1. The van der Waals surface area contributed by atoms with Crippen LogP contribution >= 0.6 is 0 Å². The lowest BCUT2D eigenvalue weighted by molar-refractivity contribution is -0.126. The predicted molar refractivity (Wildman–Crippen MR) is 146 cm³/mol. The van der Waals surface area contributed by atoms with Gasteiger partial charge in [-0.3, -0.25) is 14.0 Å². The van der Waals surface area contributed by atoms with Crippen molar-refractivity contribution in [3.63, 3.8) is 0 Å². The maximum Gasteiger partial charge on any atom is 0.299 e. The van der Waals surface area contributed by atoms with Crippen LogP contribution in [0, 0.1) is 11.8 Å². The molecule has 1 atom stereocenters. The van der Waals surface area contributed by atoms with E-state index < -0.39 is 0 Å². The van der Waals surface area contributed by atoms with Crippen molar-refractivity contribution < 1.29 is 9.59 Å². The molecule has 1 aromatic carbocycles. The number of nitrogens with one attached hydrogen (secondary N) is 1. The summed E-state index contributed by atoms with van der Waals surface area (Å²) in [5.74, 6) is 6.47. The summed E-state index contributed by atoms with van der Waals surface area (Å²) >= 11 is 0. The molecule has 1 fully saturated rings. The molecule has 3 N–H and O–H groups in total. The number of anilines is 2. The third-order valence-corrected chi connectivity index (χ3v) is 6.68. The number of nitrogens with two attached hydrogens (primary N) is 1. The summed E-state index contributed by atoms with van der Waals surface area (Å²) in [7, 11) is 0. The maximum atomic E-state index is 12.9. The minimum atomic E-state index is -0.244. The van der Waals surface area contributed by atoms with Gasteiger partial charge in [-0.1, -0.05) is 31.4 Å². The number of hydrogen-bond acceptors (Lipinski definition) is 6. The van der Waals surface area contributed by atoms with E-state index in [1.54, 1.807) is 36.4 Å². The lowest BCUT2D eigenvalue weighted by Crippen LogP contribution is -2.30. The van der Waals surface area contributed by atoms with Crippen LogP contribution in [0.2, 0.25) is 0 Å². The molecule has 38 heavy (non-hydrogen) atoms. The number of aryl methyl sites for hydroxylation is 1. The van der Waals surface area contributed by atoms with Gasteiger partial charge in [0.05, 0.1) is 6.04 Å². The summed E-state index contributed by atoms with van der Waals surface area (Å²) in [5, 5.41) is 2.87. The van der Waals surface area contributed by atoms with E-state index in [0.29, 0.717) is 40.8 Å². The largest absolute Gasteiger partial charge is 0.382 e. The fourth-order valence-corrected chi connectivity index (χ4v) is 4.94. The van der Waals surface area contributed by atoms with E-state index in [1.165, 1.54) is 0 Å². The zero-order chi connectivity index (χ0) is 26.6. The second kappa shape index (κ2) is 10.7. The van der Waals surface area contributed by atoms with Crippen LogP contribution in [0.4, 0.5) is 11.6 Å². The van der Waals surface area contributed by atoms with E-state index in [9.17, 15) is 9.59 Å². The quantitative estimate of drug-likeness (QED) is 0.377.